The molecule has 0 heterocycles. The van der Waals surface area contributed by atoms with E-state index in [-0.39, 0.29) is 0 Å². The average molecular weight is 226 g/mol. The lowest BCUT2D eigenvalue weighted by atomic mass is 10.3. The summed E-state index contributed by atoms with van der Waals surface area (Å²) in [6, 6.07) is -0.905. The summed E-state index contributed by atoms with van der Waals surface area (Å²) in [5.41, 5.74) is 0. The quantitative estimate of drug-likeness (QED) is 0.698. The van der Waals surface area contributed by atoms with Gasteiger partial charge in [0.25, 0.3) is 0 Å². The summed E-state index contributed by atoms with van der Waals surface area (Å²) in [5, 5.41) is 10.8. The minimum atomic E-state index is -1.08. The molecule has 1 amide bonds. The number of hydrogen-bond acceptors (Lipinski definition) is 2. The lowest BCUT2D eigenvalue weighted by Gasteiger charge is -2.08. The molecule has 1 unspecified atom stereocenters. The van der Waals surface area contributed by atoms with Crippen LogP contribution < -0.4 is 5.32 Å². The van der Waals surface area contributed by atoms with E-state index in [4.69, 9.17) is 28.3 Å². The third kappa shape index (κ3) is 2.48. The summed E-state index contributed by atoms with van der Waals surface area (Å²) in [7, 11) is 0. The van der Waals surface area contributed by atoms with Crippen molar-refractivity contribution in [1.29, 1.82) is 0 Å². The molecule has 0 aromatic carbocycles. The first kappa shape index (κ1) is 10.6. The molecule has 4 nitrogen and oxygen atoms in total. The number of carbonyl (C=O) groups is 2. The van der Waals surface area contributed by atoms with Gasteiger partial charge in [0, 0.05) is 0 Å². The van der Waals surface area contributed by atoms with Gasteiger partial charge in [-0.25, -0.2) is 0 Å². The SMILES string of the molecule is C[C@H](NC(=O)C1CC1(Cl)Cl)C(=O)O. The second-order valence-electron chi connectivity index (χ2n) is 3.09. The van der Waals surface area contributed by atoms with Crippen LogP contribution in [0.15, 0.2) is 0 Å². The highest BCUT2D eigenvalue weighted by molar-refractivity contribution is 6.52. The van der Waals surface area contributed by atoms with Gasteiger partial charge in [0.2, 0.25) is 5.91 Å². The predicted molar refractivity (Wildman–Crippen MR) is 47.8 cm³/mol. The number of rotatable bonds is 3. The average Bonchev–Trinajstić information content (AvgIpc) is 2.59. The van der Waals surface area contributed by atoms with Gasteiger partial charge in [-0.05, 0) is 13.3 Å². The Bertz CT molecular complexity index is 254. The van der Waals surface area contributed by atoms with Gasteiger partial charge in [0.15, 0.2) is 0 Å². The first-order valence-electron chi connectivity index (χ1n) is 3.75. The normalized spacial score (nSPS) is 26.2. The van der Waals surface area contributed by atoms with Crippen molar-refractivity contribution in [2.24, 2.45) is 5.92 Å². The Balaban J connectivity index is 2.40. The van der Waals surface area contributed by atoms with Crippen LogP contribution in [0.3, 0.4) is 0 Å². The van der Waals surface area contributed by atoms with Crippen LogP contribution in [0.25, 0.3) is 0 Å². The summed E-state index contributed by atoms with van der Waals surface area (Å²) in [4.78, 5) is 21.6. The Morgan fingerprint density at radius 3 is 2.38 bits per heavy atom. The highest BCUT2D eigenvalue weighted by Gasteiger charge is 2.56. The molecule has 74 valence electrons. The Hall–Kier alpha value is -0.480. The second kappa shape index (κ2) is 3.35. The topological polar surface area (TPSA) is 66.4 Å². The van der Waals surface area contributed by atoms with E-state index in [0.717, 1.165) is 0 Å². The van der Waals surface area contributed by atoms with Crippen molar-refractivity contribution in [3.05, 3.63) is 0 Å². The van der Waals surface area contributed by atoms with Crippen LogP contribution in [0.4, 0.5) is 0 Å². The molecule has 1 saturated carbocycles. The van der Waals surface area contributed by atoms with Gasteiger partial charge >= 0.3 is 5.97 Å². The molecule has 0 spiro atoms. The number of nitrogens with one attached hydrogen (secondary N) is 1. The summed E-state index contributed by atoms with van der Waals surface area (Å²) in [6.45, 7) is 1.38. The molecule has 0 aromatic heterocycles. The zero-order valence-electron chi connectivity index (χ0n) is 6.88. The minimum Gasteiger partial charge on any atom is -0.480 e. The third-order valence-electron chi connectivity index (χ3n) is 1.87. The molecule has 13 heavy (non-hydrogen) atoms. The number of halogens is 2. The van der Waals surface area contributed by atoms with E-state index < -0.39 is 28.2 Å². The van der Waals surface area contributed by atoms with E-state index in [0.29, 0.717) is 6.42 Å². The molecule has 0 aliphatic heterocycles. The van der Waals surface area contributed by atoms with Gasteiger partial charge in [0.1, 0.15) is 10.4 Å². The Kier molecular flexibility index (Phi) is 2.73. The van der Waals surface area contributed by atoms with Crippen molar-refractivity contribution in [1.82, 2.24) is 5.32 Å². The molecule has 1 aliphatic rings. The molecule has 0 aromatic rings. The van der Waals surface area contributed by atoms with Gasteiger partial charge < -0.3 is 10.4 Å². The molecular weight excluding hydrogens is 217 g/mol. The van der Waals surface area contributed by atoms with Crippen LogP contribution >= 0.6 is 23.2 Å². The molecule has 6 heteroatoms. The van der Waals surface area contributed by atoms with Gasteiger partial charge in [-0.15, -0.1) is 23.2 Å². The number of carboxylic acid groups (broad SMARTS) is 1. The fourth-order valence-electron chi connectivity index (χ4n) is 0.873. The molecular formula is C7H9Cl2NO3. The zero-order valence-corrected chi connectivity index (χ0v) is 8.39. The van der Waals surface area contributed by atoms with Crippen LogP contribution in [0, 0.1) is 5.92 Å². The maximum absolute atomic E-state index is 11.2. The molecule has 2 atom stereocenters. The molecule has 1 rings (SSSR count). The second-order valence-corrected chi connectivity index (χ2v) is 4.63. The van der Waals surface area contributed by atoms with E-state index in [1.807, 2.05) is 0 Å². The predicted octanol–water partition coefficient (Wildman–Crippen LogP) is 0.770. The van der Waals surface area contributed by atoms with Crippen molar-refractivity contribution in [3.63, 3.8) is 0 Å². The smallest absolute Gasteiger partial charge is 0.325 e. The minimum absolute atomic E-state index is 0.383. The molecule has 0 saturated heterocycles. The lowest BCUT2D eigenvalue weighted by molar-refractivity contribution is -0.141. The Morgan fingerprint density at radius 2 is 2.08 bits per heavy atom. The number of amides is 1. The van der Waals surface area contributed by atoms with Crippen molar-refractivity contribution in [3.8, 4) is 0 Å². The first-order chi connectivity index (χ1) is 5.84. The van der Waals surface area contributed by atoms with Crippen LogP contribution in [-0.2, 0) is 9.59 Å². The van der Waals surface area contributed by atoms with Crippen LogP contribution in [-0.4, -0.2) is 27.4 Å². The number of hydrogen-bond donors (Lipinski definition) is 2. The zero-order chi connectivity index (χ0) is 10.2. The Labute approximate surface area is 85.2 Å². The van der Waals surface area contributed by atoms with E-state index >= 15 is 0 Å². The standard InChI is InChI=1S/C7H9Cl2NO3/c1-3(6(12)13)10-5(11)4-2-7(4,8)9/h3-4H,2H2,1H3,(H,10,11)(H,12,13)/t3-,4?/m0/s1. The number of aliphatic carboxylic acids is 1. The largest absolute Gasteiger partial charge is 0.480 e. The number of alkyl halides is 2. The van der Waals surface area contributed by atoms with E-state index in [9.17, 15) is 9.59 Å². The maximum Gasteiger partial charge on any atom is 0.325 e. The Morgan fingerprint density at radius 1 is 1.62 bits per heavy atom. The fraction of sp³-hybridized carbons (Fsp3) is 0.714. The van der Waals surface area contributed by atoms with E-state index in [1.54, 1.807) is 0 Å². The van der Waals surface area contributed by atoms with Crippen molar-refractivity contribution >= 4 is 35.1 Å². The molecule has 2 N–H and O–H groups in total. The lowest BCUT2D eigenvalue weighted by Crippen LogP contribution is -2.39. The van der Waals surface area contributed by atoms with Crippen LogP contribution in [0.2, 0.25) is 0 Å². The third-order valence-corrected chi connectivity index (χ3v) is 2.71. The van der Waals surface area contributed by atoms with Crippen molar-refractivity contribution in [2.45, 2.75) is 23.7 Å². The number of carboxylic acids is 1. The maximum atomic E-state index is 11.2. The fourth-order valence-corrected chi connectivity index (χ4v) is 1.38. The monoisotopic (exact) mass is 225 g/mol. The summed E-state index contributed by atoms with van der Waals surface area (Å²) < 4.78 is -0.998. The highest BCUT2D eigenvalue weighted by atomic mass is 35.5. The molecule has 1 aliphatic carbocycles. The van der Waals surface area contributed by atoms with Gasteiger partial charge in [-0.2, -0.15) is 0 Å². The highest BCUT2D eigenvalue weighted by Crippen LogP contribution is 2.53. The van der Waals surface area contributed by atoms with Crippen LogP contribution in [0.5, 0.6) is 0 Å². The molecule has 0 bridgehead atoms. The van der Waals surface area contributed by atoms with Gasteiger partial charge in [-0.1, -0.05) is 0 Å². The van der Waals surface area contributed by atoms with E-state index in [1.165, 1.54) is 6.92 Å². The van der Waals surface area contributed by atoms with Gasteiger partial charge in [0.05, 0.1) is 5.92 Å². The summed E-state index contributed by atoms with van der Waals surface area (Å²) in [5.74, 6) is -1.96. The van der Waals surface area contributed by atoms with E-state index in [2.05, 4.69) is 5.32 Å². The van der Waals surface area contributed by atoms with Crippen molar-refractivity contribution in [2.75, 3.05) is 0 Å². The van der Waals surface area contributed by atoms with Crippen molar-refractivity contribution < 1.29 is 14.7 Å². The molecule has 0 radical (unpaired) electrons. The summed E-state index contributed by atoms with van der Waals surface area (Å²) >= 11 is 11.2. The van der Waals surface area contributed by atoms with Crippen LogP contribution in [0.1, 0.15) is 13.3 Å². The molecule has 1 fully saturated rings. The number of carbonyl (C=O) groups excluding carboxylic acids is 1. The van der Waals surface area contributed by atoms with Gasteiger partial charge in [-0.3, -0.25) is 9.59 Å². The summed E-state index contributed by atoms with van der Waals surface area (Å²) in [6.07, 6.45) is 0.383. The first-order valence-corrected chi connectivity index (χ1v) is 4.51.